The van der Waals surface area contributed by atoms with E-state index >= 15 is 0 Å². The summed E-state index contributed by atoms with van der Waals surface area (Å²) in [6, 6.07) is 7.57. The van der Waals surface area contributed by atoms with Crippen LogP contribution in [-0.4, -0.2) is 18.3 Å². The van der Waals surface area contributed by atoms with Crippen molar-refractivity contribution in [1.29, 1.82) is 0 Å². The first-order chi connectivity index (χ1) is 6.77. The topological polar surface area (TPSA) is 38.3 Å². The van der Waals surface area contributed by atoms with Crippen LogP contribution in [-0.2, 0) is 16.1 Å². The van der Waals surface area contributed by atoms with Gasteiger partial charge in [0.15, 0.2) is 0 Å². The highest BCUT2D eigenvalue weighted by Crippen LogP contribution is 2.15. The van der Waals surface area contributed by atoms with Crippen LogP contribution in [0.5, 0.6) is 0 Å². The largest absolute Gasteiger partial charge is 0.380 e. The molecule has 0 atom stereocenters. The Bertz CT molecular complexity index is 315. The van der Waals surface area contributed by atoms with Gasteiger partial charge < -0.3 is 10.1 Å². The zero-order valence-corrected chi connectivity index (χ0v) is 9.50. The number of carbonyl (C=O) groups is 1. The molecule has 1 rings (SSSR count). The quantitative estimate of drug-likeness (QED) is 0.840. The number of anilines is 1. The molecule has 0 aliphatic heterocycles. The van der Waals surface area contributed by atoms with E-state index in [-0.39, 0.29) is 5.91 Å². The van der Waals surface area contributed by atoms with Crippen LogP contribution < -0.4 is 5.32 Å². The molecule has 4 heteroatoms. The highest BCUT2D eigenvalue weighted by molar-refractivity contribution is 9.09. The lowest BCUT2D eigenvalue weighted by molar-refractivity contribution is -0.113. The number of hydrogen-bond donors (Lipinski definition) is 1. The van der Waals surface area contributed by atoms with Gasteiger partial charge in [-0.3, -0.25) is 4.79 Å². The van der Waals surface area contributed by atoms with E-state index in [1.807, 2.05) is 24.3 Å². The highest BCUT2D eigenvalue weighted by atomic mass is 79.9. The van der Waals surface area contributed by atoms with Crippen molar-refractivity contribution in [1.82, 2.24) is 0 Å². The predicted molar refractivity (Wildman–Crippen MR) is 59.6 cm³/mol. The molecule has 0 saturated heterocycles. The van der Waals surface area contributed by atoms with E-state index in [0.29, 0.717) is 11.9 Å². The second kappa shape index (κ2) is 5.78. The normalized spacial score (nSPS) is 9.86. The molecule has 0 unspecified atom stereocenters. The number of benzene rings is 1. The Morgan fingerprint density at radius 1 is 1.50 bits per heavy atom. The average Bonchev–Trinajstić information content (AvgIpc) is 2.21. The monoisotopic (exact) mass is 257 g/mol. The van der Waals surface area contributed by atoms with Crippen molar-refractivity contribution in [2.75, 3.05) is 17.8 Å². The standard InChI is InChI=1S/C10H12BrNO2/c1-14-7-8-4-2-3-5-9(8)12-10(13)6-11/h2-5H,6-7H2,1H3,(H,12,13). The first-order valence-corrected chi connectivity index (χ1v) is 5.32. The number of rotatable bonds is 4. The van der Waals surface area contributed by atoms with Gasteiger partial charge in [0.2, 0.25) is 5.91 Å². The maximum atomic E-state index is 11.1. The molecule has 0 aromatic heterocycles. The van der Waals surface area contributed by atoms with Crippen LogP contribution in [0.25, 0.3) is 0 Å². The van der Waals surface area contributed by atoms with Crippen molar-refractivity contribution in [3.63, 3.8) is 0 Å². The number of nitrogens with one attached hydrogen (secondary N) is 1. The maximum Gasteiger partial charge on any atom is 0.235 e. The summed E-state index contributed by atoms with van der Waals surface area (Å²) in [5.41, 5.74) is 1.78. The van der Waals surface area contributed by atoms with Gasteiger partial charge in [-0.15, -0.1) is 0 Å². The number of amides is 1. The summed E-state index contributed by atoms with van der Waals surface area (Å²) in [6.07, 6.45) is 0. The summed E-state index contributed by atoms with van der Waals surface area (Å²) >= 11 is 3.09. The molecule has 0 aliphatic rings. The molecule has 14 heavy (non-hydrogen) atoms. The Morgan fingerprint density at radius 3 is 2.86 bits per heavy atom. The van der Waals surface area contributed by atoms with Gasteiger partial charge in [-0.05, 0) is 6.07 Å². The minimum atomic E-state index is -0.0615. The third kappa shape index (κ3) is 3.12. The van der Waals surface area contributed by atoms with Crippen LogP contribution in [0, 0.1) is 0 Å². The Kier molecular flexibility index (Phi) is 4.62. The van der Waals surface area contributed by atoms with E-state index in [2.05, 4.69) is 21.2 Å². The zero-order valence-electron chi connectivity index (χ0n) is 7.92. The molecular formula is C10H12BrNO2. The molecule has 1 aromatic rings. The zero-order chi connectivity index (χ0) is 10.4. The molecule has 76 valence electrons. The molecule has 1 amide bonds. The average molecular weight is 258 g/mol. The van der Waals surface area contributed by atoms with Gasteiger partial charge in [0.25, 0.3) is 0 Å². The van der Waals surface area contributed by atoms with Gasteiger partial charge in [-0.25, -0.2) is 0 Å². The van der Waals surface area contributed by atoms with E-state index in [0.717, 1.165) is 11.3 Å². The number of hydrogen-bond acceptors (Lipinski definition) is 2. The van der Waals surface area contributed by atoms with Gasteiger partial charge in [0.05, 0.1) is 11.9 Å². The molecule has 0 aliphatic carbocycles. The fourth-order valence-corrected chi connectivity index (χ4v) is 1.25. The second-order valence-electron chi connectivity index (χ2n) is 2.77. The molecular weight excluding hydrogens is 246 g/mol. The van der Waals surface area contributed by atoms with Crippen LogP contribution in [0.4, 0.5) is 5.69 Å². The van der Waals surface area contributed by atoms with E-state index in [1.165, 1.54) is 0 Å². The first-order valence-electron chi connectivity index (χ1n) is 4.20. The van der Waals surface area contributed by atoms with Gasteiger partial charge in [0.1, 0.15) is 0 Å². The molecule has 0 heterocycles. The van der Waals surface area contributed by atoms with Crippen molar-refractivity contribution in [2.24, 2.45) is 0 Å². The number of alkyl halides is 1. The number of halogens is 1. The lowest BCUT2D eigenvalue weighted by Gasteiger charge is -2.08. The Hall–Kier alpha value is -0.870. The van der Waals surface area contributed by atoms with Crippen molar-refractivity contribution < 1.29 is 9.53 Å². The van der Waals surface area contributed by atoms with E-state index in [1.54, 1.807) is 7.11 Å². The molecule has 0 saturated carbocycles. The molecule has 0 fully saturated rings. The fourth-order valence-electron chi connectivity index (χ4n) is 1.11. The van der Waals surface area contributed by atoms with E-state index in [4.69, 9.17) is 4.74 Å². The number of ether oxygens (including phenoxy) is 1. The maximum absolute atomic E-state index is 11.1. The van der Waals surface area contributed by atoms with Crippen molar-refractivity contribution >= 4 is 27.5 Å². The van der Waals surface area contributed by atoms with Crippen LogP contribution >= 0.6 is 15.9 Å². The predicted octanol–water partition coefficient (Wildman–Crippen LogP) is 2.17. The Labute approximate surface area is 91.6 Å². The third-order valence-electron chi connectivity index (χ3n) is 1.71. The van der Waals surface area contributed by atoms with Gasteiger partial charge in [-0.2, -0.15) is 0 Å². The smallest absolute Gasteiger partial charge is 0.235 e. The van der Waals surface area contributed by atoms with Crippen molar-refractivity contribution in [3.8, 4) is 0 Å². The van der Waals surface area contributed by atoms with Gasteiger partial charge in [-0.1, -0.05) is 34.1 Å². The summed E-state index contributed by atoms with van der Waals surface area (Å²) in [6.45, 7) is 0.499. The fraction of sp³-hybridized carbons (Fsp3) is 0.300. The minimum absolute atomic E-state index is 0.0615. The molecule has 0 radical (unpaired) electrons. The lowest BCUT2D eigenvalue weighted by atomic mass is 10.2. The number of carbonyl (C=O) groups excluding carboxylic acids is 1. The number of methoxy groups -OCH3 is 1. The van der Waals surface area contributed by atoms with Crippen LogP contribution in [0.3, 0.4) is 0 Å². The lowest BCUT2D eigenvalue weighted by Crippen LogP contribution is -2.13. The van der Waals surface area contributed by atoms with Crippen LogP contribution in [0.15, 0.2) is 24.3 Å². The second-order valence-corrected chi connectivity index (χ2v) is 3.33. The summed E-state index contributed by atoms with van der Waals surface area (Å²) < 4.78 is 5.02. The van der Waals surface area contributed by atoms with Crippen LogP contribution in [0.2, 0.25) is 0 Å². The summed E-state index contributed by atoms with van der Waals surface area (Å²) in [7, 11) is 1.63. The Balaban J connectivity index is 2.78. The van der Waals surface area contributed by atoms with Crippen molar-refractivity contribution in [3.05, 3.63) is 29.8 Å². The van der Waals surface area contributed by atoms with Gasteiger partial charge >= 0.3 is 0 Å². The third-order valence-corrected chi connectivity index (χ3v) is 2.22. The molecule has 0 spiro atoms. The summed E-state index contributed by atoms with van der Waals surface area (Å²) in [5, 5.41) is 3.08. The first kappa shape index (κ1) is 11.2. The SMILES string of the molecule is COCc1ccccc1NC(=O)CBr. The molecule has 1 N–H and O–H groups in total. The van der Waals surface area contributed by atoms with Crippen molar-refractivity contribution in [2.45, 2.75) is 6.61 Å². The summed E-state index contributed by atoms with van der Waals surface area (Å²) in [5.74, 6) is -0.0615. The molecule has 3 nitrogen and oxygen atoms in total. The number of para-hydroxylation sites is 1. The van der Waals surface area contributed by atoms with Gasteiger partial charge in [0, 0.05) is 18.4 Å². The Morgan fingerprint density at radius 2 is 2.21 bits per heavy atom. The molecule has 0 bridgehead atoms. The highest BCUT2D eigenvalue weighted by Gasteiger charge is 2.04. The van der Waals surface area contributed by atoms with Crippen LogP contribution in [0.1, 0.15) is 5.56 Å². The minimum Gasteiger partial charge on any atom is -0.380 e. The van der Waals surface area contributed by atoms with E-state index < -0.39 is 0 Å². The molecule has 1 aromatic carbocycles. The summed E-state index contributed by atoms with van der Waals surface area (Å²) in [4.78, 5) is 11.1. The van der Waals surface area contributed by atoms with E-state index in [9.17, 15) is 4.79 Å².